The molecular formula is C22H43N2+. The molecule has 0 spiro atoms. The van der Waals surface area contributed by atoms with Gasteiger partial charge < -0.3 is 0 Å². The Balaban J connectivity index is 1.86. The van der Waals surface area contributed by atoms with Crippen LogP contribution in [0.3, 0.4) is 0 Å². The second kappa shape index (κ2) is 12.7. The molecule has 1 unspecified atom stereocenters. The zero-order valence-corrected chi connectivity index (χ0v) is 17.0. The third kappa shape index (κ3) is 9.01. The van der Waals surface area contributed by atoms with Gasteiger partial charge in [0.1, 0.15) is 6.20 Å². The summed E-state index contributed by atoms with van der Waals surface area (Å²) in [5.74, 6) is 0.885. The summed E-state index contributed by atoms with van der Waals surface area (Å²) < 4.78 is 0.955. The van der Waals surface area contributed by atoms with Crippen LogP contribution in [0.5, 0.6) is 0 Å². The SMILES string of the molecule is CC(C)CCCCCCCCCCCCC[N+]1(C(C)C)C=CN=C1. The van der Waals surface area contributed by atoms with Crippen LogP contribution in [0.4, 0.5) is 0 Å². The Morgan fingerprint density at radius 2 is 1.21 bits per heavy atom. The van der Waals surface area contributed by atoms with Crippen molar-refractivity contribution in [2.75, 3.05) is 6.54 Å². The number of hydrogen-bond acceptors (Lipinski definition) is 1. The smallest absolute Gasteiger partial charge is 0.194 e. The van der Waals surface area contributed by atoms with Crippen LogP contribution in [0.15, 0.2) is 17.4 Å². The Hall–Kier alpha value is -0.630. The van der Waals surface area contributed by atoms with E-state index in [1.807, 2.05) is 6.20 Å². The Labute approximate surface area is 152 Å². The first-order valence-corrected chi connectivity index (χ1v) is 10.7. The molecule has 1 atom stereocenters. The molecule has 24 heavy (non-hydrogen) atoms. The quantitative estimate of drug-likeness (QED) is 0.224. The van der Waals surface area contributed by atoms with Crippen LogP contribution in [0, 0.1) is 5.92 Å². The van der Waals surface area contributed by atoms with Gasteiger partial charge in [0, 0.05) is 0 Å². The van der Waals surface area contributed by atoms with Crippen molar-refractivity contribution in [3.8, 4) is 0 Å². The summed E-state index contributed by atoms with van der Waals surface area (Å²) in [6.07, 6.45) is 23.4. The van der Waals surface area contributed by atoms with Crippen LogP contribution < -0.4 is 0 Å². The van der Waals surface area contributed by atoms with E-state index < -0.39 is 0 Å². The molecule has 1 aliphatic rings. The standard InChI is InChI=1S/C22H43N2/c1-21(2)16-14-12-10-8-6-5-7-9-11-13-15-18-24(22(3)4)19-17-23-20-24/h17,19-22H,5-16,18H2,1-4H3/q+1. The first-order valence-electron chi connectivity index (χ1n) is 10.7. The molecule has 0 amide bonds. The maximum Gasteiger partial charge on any atom is 0.194 e. The molecule has 0 aromatic heterocycles. The molecule has 0 aromatic rings. The second-order valence-electron chi connectivity index (χ2n) is 8.45. The molecule has 2 heteroatoms. The van der Waals surface area contributed by atoms with Gasteiger partial charge in [0.25, 0.3) is 0 Å². The molecule has 1 rings (SSSR count). The van der Waals surface area contributed by atoms with E-state index in [-0.39, 0.29) is 0 Å². The maximum atomic E-state index is 4.31. The lowest BCUT2D eigenvalue weighted by atomic mass is 10.0. The fraction of sp³-hybridized carbons (Fsp3) is 0.864. The van der Waals surface area contributed by atoms with Crippen LogP contribution >= 0.6 is 0 Å². The van der Waals surface area contributed by atoms with E-state index in [0.29, 0.717) is 6.04 Å². The predicted octanol–water partition coefficient (Wildman–Crippen LogP) is 7.06. The molecule has 0 aliphatic carbocycles. The predicted molar refractivity (Wildman–Crippen MR) is 108 cm³/mol. The molecular weight excluding hydrogens is 292 g/mol. The summed E-state index contributed by atoms with van der Waals surface area (Å²) in [4.78, 5) is 4.31. The molecule has 0 saturated carbocycles. The first kappa shape index (κ1) is 21.4. The lowest BCUT2D eigenvalue weighted by molar-refractivity contribution is -0.803. The van der Waals surface area contributed by atoms with E-state index in [1.54, 1.807) is 0 Å². The van der Waals surface area contributed by atoms with E-state index in [4.69, 9.17) is 0 Å². The average Bonchev–Trinajstić information content (AvgIpc) is 3.02. The summed E-state index contributed by atoms with van der Waals surface area (Å²) in [6.45, 7) is 10.5. The van der Waals surface area contributed by atoms with E-state index in [9.17, 15) is 0 Å². The average molecular weight is 336 g/mol. The molecule has 0 radical (unpaired) electrons. The fourth-order valence-electron chi connectivity index (χ4n) is 3.59. The van der Waals surface area contributed by atoms with Gasteiger partial charge in [0.2, 0.25) is 0 Å². The maximum absolute atomic E-state index is 4.31. The van der Waals surface area contributed by atoms with Gasteiger partial charge in [-0.15, -0.1) is 0 Å². The zero-order chi connectivity index (χ0) is 17.7. The van der Waals surface area contributed by atoms with Gasteiger partial charge in [-0.05, 0) is 32.6 Å². The molecule has 2 nitrogen and oxygen atoms in total. The largest absolute Gasteiger partial charge is 0.252 e. The van der Waals surface area contributed by atoms with E-state index >= 15 is 0 Å². The van der Waals surface area contributed by atoms with Gasteiger partial charge in [0.05, 0.1) is 18.8 Å². The van der Waals surface area contributed by atoms with Crippen molar-refractivity contribution in [1.82, 2.24) is 0 Å². The van der Waals surface area contributed by atoms with E-state index in [1.165, 1.54) is 83.6 Å². The van der Waals surface area contributed by atoms with Crippen molar-refractivity contribution in [1.29, 1.82) is 0 Å². The minimum Gasteiger partial charge on any atom is -0.252 e. The van der Waals surface area contributed by atoms with Gasteiger partial charge in [-0.1, -0.05) is 78.1 Å². The Kier molecular flexibility index (Phi) is 11.3. The van der Waals surface area contributed by atoms with E-state index in [2.05, 4.69) is 45.2 Å². The Morgan fingerprint density at radius 3 is 1.62 bits per heavy atom. The molecule has 0 bridgehead atoms. The van der Waals surface area contributed by atoms with Crippen LogP contribution in [0.1, 0.15) is 105 Å². The van der Waals surface area contributed by atoms with Crippen molar-refractivity contribution in [3.63, 3.8) is 0 Å². The number of nitrogens with zero attached hydrogens (tertiary/aromatic N) is 2. The van der Waals surface area contributed by atoms with Crippen molar-refractivity contribution in [2.24, 2.45) is 10.9 Å². The van der Waals surface area contributed by atoms with Crippen LogP contribution in [0.2, 0.25) is 0 Å². The van der Waals surface area contributed by atoms with Crippen molar-refractivity contribution >= 4 is 6.34 Å². The van der Waals surface area contributed by atoms with Crippen molar-refractivity contribution < 1.29 is 4.48 Å². The zero-order valence-electron chi connectivity index (χ0n) is 17.0. The second-order valence-corrected chi connectivity index (χ2v) is 8.45. The summed E-state index contributed by atoms with van der Waals surface area (Å²) in [5.41, 5.74) is 0. The third-order valence-corrected chi connectivity index (χ3v) is 5.50. The molecule has 1 heterocycles. The van der Waals surface area contributed by atoms with Gasteiger partial charge in [-0.25, -0.2) is 4.99 Å². The van der Waals surface area contributed by atoms with E-state index in [0.717, 1.165) is 10.4 Å². The minimum absolute atomic E-state index is 0.605. The monoisotopic (exact) mass is 335 g/mol. The van der Waals surface area contributed by atoms with Crippen molar-refractivity contribution in [2.45, 2.75) is 111 Å². The molecule has 0 fully saturated rings. The summed E-state index contributed by atoms with van der Waals surface area (Å²) >= 11 is 0. The normalized spacial score (nSPS) is 19.9. The molecule has 0 N–H and O–H groups in total. The fourth-order valence-corrected chi connectivity index (χ4v) is 3.59. The summed E-state index contributed by atoms with van der Waals surface area (Å²) in [5, 5.41) is 0. The number of aliphatic imine (C=N–C) groups is 1. The lowest BCUT2D eigenvalue weighted by Crippen LogP contribution is -2.46. The molecule has 0 saturated heterocycles. The first-order chi connectivity index (χ1) is 11.6. The highest BCUT2D eigenvalue weighted by Crippen LogP contribution is 2.19. The number of hydrogen-bond donors (Lipinski definition) is 0. The van der Waals surface area contributed by atoms with Crippen LogP contribution in [-0.4, -0.2) is 23.4 Å². The summed E-state index contributed by atoms with van der Waals surface area (Å²) in [6, 6.07) is 0.605. The van der Waals surface area contributed by atoms with Crippen LogP contribution in [-0.2, 0) is 0 Å². The highest BCUT2D eigenvalue weighted by atomic mass is 15.4. The third-order valence-electron chi connectivity index (χ3n) is 5.50. The van der Waals surface area contributed by atoms with Gasteiger partial charge >= 0.3 is 0 Å². The molecule has 140 valence electrons. The molecule has 0 aromatic carbocycles. The van der Waals surface area contributed by atoms with Gasteiger partial charge in [0.15, 0.2) is 6.34 Å². The number of rotatable bonds is 15. The lowest BCUT2D eigenvalue weighted by Gasteiger charge is -2.31. The number of quaternary nitrogens is 1. The van der Waals surface area contributed by atoms with Gasteiger partial charge in [-0.3, -0.25) is 4.48 Å². The van der Waals surface area contributed by atoms with Gasteiger partial charge in [-0.2, -0.15) is 0 Å². The minimum atomic E-state index is 0.605. The summed E-state index contributed by atoms with van der Waals surface area (Å²) in [7, 11) is 0. The highest BCUT2D eigenvalue weighted by Gasteiger charge is 2.29. The number of unbranched alkanes of at least 4 members (excludes halogenated alkanes) is 10. The van der Waals surface area contributed by atoms with Crippen molar-refractivity contribution in [3.05, 3.63) is 12.4 Å². The highest BCUT2D eigenvalue weighted by molar-refractivity contribution is 5.51. The Morgan fingerprint density at radius 1 is 0.708 bits per heavy atom. The Bertz CT molecular complexity index is 343. The topological polar surface area (TPSA) is 12.4 Å². The van der Waals surface area contributed by atoms with Crippen LogP contribution in [0.25, 0.3) is 0 Å². The molecule has 1 aliphatic heterocycles.